The average Bonchev–Trinajstić information content (AvgIpc) is 2.81. The molecule has 106 valence electrons. The highest BCUT2D eigenvalue weighted by atomic mass is 32.2. The fourth-order valence-corrected chi connectivity index (χ4v) is 3.52. The number of aromatic nitrogens is 1. The van der Waals surface area contributed by atoms with Crippen LogP contribution in [0.5, 0.6) is 0 Å². The van der Waals surface area contributed by atoms with E-state index in [0.717, 1.165) is 21.2 Å². The lowest BCUT2D eigenvalue weighted by molar-refractivity contribution is 0.0692. The van der Waals surface area contributed by atoms with Gasteiger partial charge in [0.2, 0.25) is 0 Å². The summed E-state index contributed by atoms with van der Waals surface area (Å²) in [5, 5.41) is 10.2. The van der Waals surface area contributed by atoms with Gasteiger partial charge in [-0.05, 0) is 5.56 Å². The van der Waals surface area contributed by atoms with Gasteiger partial charge in [-0.15, -0.1) is 23.1 Å². The Morgan fingerprint density at radius 3 is 2.50 bits per heavy atom. The summed E-state index contributed by atoms with van der Waals surface area (Å²) in [6.45, 7) is 6.42. The number of thioether (sulfide) groups is 1. The average molecular weight is 307 g/mol. The van der Waals surface area contributed by atoms with Gasteiger partial charge >= 0.3 is 5.97 Å². The second-order valence-corrected chi connectivity index (χ2v) is 8.24. The van der Waals surface area contributed by atoms with Crippen molar-refractivity contribution in [3.8, 4) is 10.4 Å². The van der Waals surface area contributed by atoms with Crippen molar-refractivity contribution in [1.29, 1.82) is 0 Å². The van der Waals surface area contributed by atoms with Gasteiger partial charge in [0, 0.05) is 10.5 Å². The molecule has 2 aromatic rings. The number of nitrogens with zero attached hydrogens (tertiary/aromatic N) is 1. The summed E-state index contributed by atoms with van der Waals surface area (Å²) < 4.78 is 0.141. The smallest absolute Gasteiger partial charge is 0.356 e. The molecule has 0 aliphatic rings. The fraction of sp³-hybridized carbons (Fsp3) is 0.333. The van der Waals surface area contributed by atoms with Crippen LogP contribution in [-0.4, -0.2) is 20.8 Å². The Labute approximate surface area is 127 Å². The van der Waals surface area contributed by atoms with Crippen LogP contribution in [0.3, 0.4) is 0 Å². The monoisotopic (exact) mass is 307 g/mol. The number of rotatable bonds is 4. The molecule has 0 amide bonds. The van der Waals surface area contributed by atoms with E-state index in [1.807, 2.05) is 30.3 Å². The molecule has 0 aliphatic heterocycles. The molecule has 1 aromatic carbocycles. The van der Waals surface area contributed by atoms with Gasteiger partial charge in [-0.1, -0.05) is 51.1 Å². The molecule has 20 heavy (non-hydrogen) atoms. The fourth-order valence-electron chi connectivity index (χ4n) is 1.63. The molecule has 0 aliphatic carbocycles. The third kappa shape index (κ3) is 3.84. The second-order valence-electron chi connectivity index (χ2n) is 5.36. The summed E-state index contributed by atoms with van der Waals surface area (Å²) in [5.41, 5.74) is 1.07. The first-order valence-electron chi connectivity index (χ1n) is 6.29. The van der Waals surface area contributed by atoms with E-state index in [2.05, 4.69) is 25.8 Å². The zero-order valence-electron chi connectivity index (χ0n) is 11.7. The quantitative estimate of drug-likeness (QED) is 0.901. The third-order valence-electron chi connectivity index (χ3n) is 2.54. The molecule has 3 nitrogen and oxygen atoms in total. The van der Waals surface area contributed by atoms with Gasteiger partial charge in [0.1, 0.15) is 5.01 Å². The summed E-state index contributed by atoms with van der Waals surface area (Å²) in [5.74, 6) is -0.228. The Kier molecular flexibility index (Phi) is 4.50. The van der Waals surface area contributed by atoms with Gasteiger partial charge in [-0.2, -0.15) is 0 Å². The lowest BCUT2D eigenvalue weighted by Crippen LogP contribution is -2.07. The maximum absolute atomic E-state index is 11.3. The van der Waals surface area contributed by atoms with Gasteiger partial charge in [0.05, 0.1) is 4.88 Å². The van der Waals surface area contributed by atoms with Crippen LogP contribution in [0.1, 0.15) is 36.3 Å². The van der Waals surface area contributed by atoms with Crippen molar-refractivity contribution in [3.05, 3.63) is 41.0 Å². The van der Waals surface area contributed by atoms with Crippen LogP contribution < -0.4 is 0 Å². The third-order valence-corrected chi connectivity index (χ3v) is 5.11. The number of thiazole rings is 1. The molecule has 0 spiro atoms. The van der Waals surface area contributed by atoms with E-state index in [1.54, 1.807) is 11.8 Å². The standard InChI is InChI=1S/C15H17NO2S2/c1-15(2,3)19-9-11-16-12(14(17)18)13(20-11)10-7-5-4-6-8-10/h4-8H,9H2,1-3H3,(H,17,18). The van der Waals surface area contributed by atoms with Crippen LogP contribution in [-0.2, 0) is 5.75 Å². The number of aromatic carboxylic acids is 1. The molecule has 0 bridgehead atoms. The minimum atomic E-state index is -0.966. The van der Waals surface area contributed by atoms with Crippen molar-refractivity contribution >= 4 is 29.1 Å². The zero-order valence-corrected chi connectivity index (χ0v) is 13.3. The van der Waals surface area contributed by atoms with Crippen LogP contribution in [0, 0.1) is 0 Å². The van der Waals surface area contributed by atoms with Crippen molar-refractivity contribution in [2.24, 2.45) is 0 Å². The summed E-state index contributed by atoms with van der Waals surface area (Å²) in [4.78, 5) is 16.4. The summed E-state index contributed by atoms with van der Waals surface area (Å²) in [6, 6.07) is 9.57. The highest BCUT2D eigenvalue weighted by Crippen LogP contribution is 2.34. The molecule has 5 heteroatoms. The van der Waals surface area contributed by atoms with Crippen molar-refractivity contribution in [3.63, 3.8) is 0 Å². The molecular weight excluding hydrogens is 290 g/mol. The summed E-state index contributed by atoms with van der Waals surface area (Å²) in [7, 11) is 0. The largest absolute Gasteiger partial charge is 0.476 e. The van der Waals surface area contributed by atoms with E-state index >= 15 is 0 Å². The Bertz CT molecular complexity index is 600. The molecule has 0 fully saturated rings. The number of hydrogen-bond acceptors (Lipinski definition) is 4. The van der Waals surface area contributed by atoms with Crippen LogP contribution in [0.4, 0.5) is 0 Å². The molecule has 0 unspecified atom stereocenters. The topological polar surface area (TPSA) is 50.2 Å². The maximum Gasteiger partial charge on any atom is 0.356 e. The number of carboxylic acids is 1. The molecule has 0 saturated carbocycles. The Morgan fingerprint density at radius 1 is 1.30 bits per heavy atom. The lowest BCUT2D eigenvalue weighted by atomic mass is 10.1. The highest BCUT2D eigenvalue weighted by Gasteiger charge is 2.20. The van der Waals surface area contributed by atoms with E-state index < -0.39 is 5.97 Å². The summed E-state index contributed by atoms with van der Waals surface area (Å²) in [6.07, 6.45) is 0. The molecule has 1 aromatic heterocycles. The highest BCUT2D eigenvalue weighted by molar-refractivity contribution is 7.99. The Balaban J connectivity index is 2.32. The van der Waals surface area contributed by atoms with Gasteiger partial charge in [-0.3, -0.25) is 0 Å². The number of carbonyl (C=O) groups is 1. The van der Waals surface area contributed by atoms with E-state index in [-0.39, 0.29) is 10.4 Å². The molecule has 1 heterocycles. The molecule has 1 N–H and O–H groups in total. The molecule has 2 rings (SSSR count). The van der Waals surface area contributed by atoms with Crippen molar-refractivity contribution < 1.29 is 9.90 Å². The normalized spacial score (nSPS) is 11.6. The van der Waals surface area contributed by atoms with Crippen molar-refractivity contribution in [1.82, 2.24) is 4.98 Å². The second kappa shape index (κ2) is 5.97. The first-order valence-corrected chi connectivity index (χ1v) is 8.09. The Hall–Kier alpha value is -1.33. The van der Waals surface area contributed by atoms with Gasteiger partial charge in [0.25, 0.3) is 0 Å². The number of carboxylic acid groups (broad SMARTS) is 1. The van der Waals surface area contributed by atoms with Crippen LogP contribution in [0.2, 0.25) is 0 Å². The Morgan fingerprint density at radius 2 is 1.95 bits per heavy atom. The minimum Gasteiger partial charge on any atom is -0.476 e. The van der Waals surface area contributed by atoms with E-state index in [0.29, 0.717) is 0 Å². The predicted octanol–water partition coefficient (Wildman–Crippen LogP) is 4.54. The predicted molar refractivity (Wildman–Crippen MR) is 85.6 cm³/mol. The zero-order chi connectivity index (χ0) is 14.8. The summed E-state index contributed by atoms with van der Waals surface area (Å²) >= 11 is 3.24. The molecule has 0 atom stereocenters. The van der Waals surface area contributed by atoms with E-state index in [4.69, 9.17) is 0 Å². The molecular formula is C15H17NO2S2. The van der Waals surface area contributed by atoms with Crippen LogP contribution in [0.15, 0.2) is 30.3 Å². The van der Waals surface area contributed by atoms with Crippen LogP contribution in [0.25, 0.3) is 10.4 Å². The minimum absolute atomic E-state index is 0.141. The van der Waals surface area contributed by atoms with Crippen LogP contribution >= 0.6 is 23.1 Å². The first-order chi connectivity index (χ1) is 9.37. The SMILES string of the molecule is CC(C)(C)SCc1nc(C(=O)O)c(-c2ccccc2)s1. The maximum atomic E-state index is 11.3. The van der Waals surface area contributed by atoms with Crippen molar-refractivity contribution in [2.75, 3.05) is 0 Å². The number of benzene rings is 1. The molecule has 0 saturated heterocycles. The van der Waals surface area contributed by atoms with E-state index in [1.165, 1.54) is 11.3 Å². The van der Waals surface area contributed by atoms with E-state index in [9.17, 15) is 9.90 Å². The number of hydrogen-bond donors (Lipinski definition) is 1. The first kappa shape index (κ1) is 15.1. The lowest BCUT2D eigenvalue weighted by Gasteiger charge is -2.16. The van der Waals surface area contributed by atoms with Crippen molar-refractivity contribution in [2.45, 2.75) is 31.3 Å². The molecule has 0 radical (unpaired) electrons. The van der Waals surface area contributed by atoms with Gasteiger partial charge in [-0.25, -0.2) is 9.78 Å². The van der Waals surface area contributed by atoms with Gasteiger partial charge in [0.15, 0.2) is 5.69 Å². The van der Waals surface area contributed by atoms with Gasteiger partial charge < -0.3 is 5.11 Å².